The molecule has 1 aliphatic rings. The van der Waals surface area contributed by atoms with Gasteiger partial charge in [0.15, 0.2) is 0 Å². The first kappa shape index (κ1) is 17.0. The number of rotatable bonds is 4. The van der Waals surface area contributed by atoms with Gasteiger partial charge in [0.1, 0.15) is 5.69 Å². The normalized spacial score (nSPS) is 20.0. The minimum atomic E-state index is -0.0469. The van der Waals surface area contributed by atoms with Gasteiger partial charge in [0.05, 0.1) is 16.1 Å². The number of hydrogen-bond acceptors (Lipinski definition) is 4. The monoisotopic (exact) mass is 366 g/mol. The van der Waals surface area contributed by atoms with Crippen LogP contribution >= 0.6 is 11.3 Å². The number of amides is 1. The summed E-state index contributed by atoms with van der Waals surface area (Å²) in [6.07, 6.45) is 2.79. The molecule has 3 heterocycles. The first-order valence-corrected chi connectivity index (χ1v) is 9.81. The Labute approximate surface area is 157 Å². The average molecular weight is 366 g/mol. The summed E-state index contributed by atoms with van der Waals surface area (Å²) in [7, 11) is 0. The van der Waals surface area contributed by atoms with Crippen LogP contribution < -0.4 is 10.6 Å². The second-order valence-corrected chi connectivity index (χ2v) is 7.65. The Bertz CT molecular complexity index is 873. The average Bonchev–Trinajstić information content (AvgIpc) is 3.34. The standard InChI is InChI=1S/C20H22N4OS/c1-14-12-21-10-9-17(14)22-20(25)16-13-24(15-6-3-2-4-7-15)23-19(16)18-8-5-11-26-18/h2-8,11,13-14,17,21H,9-10,12H2,1H3,(H,22,25). The smallest absolute Gasteiger partial charge is 0.255 e. The highest BCUT2D eigenvalue weighted by molar-refractivity contribution is 7.13. The topological polar surface area (TPSA) is 58.9 Å². The lowest BCUT2D eigenvalue weighted by Gasteiger charge is -2.30. The molecule has 4 rings (SSSR count). The molecular formula is C20H22N4OS. The number of benzene rings is 1. The van der Waals surface area contributed by atoms with Gasteiger partial charge in [0.2, 0.25) is 0 Å². The quantitative estimate of drug-likeness (QED) is 0.745. The SMILES string of the molecule is CC1CNCCC1NC(=O)c1cn(-c2ccccc2)nc1-c1cccs1. The van der Waals surface area contributed by atoms with Crippen LogP contribution in [0.15, 0.2) is 54.0 Å². The third kappa shape index (κ3) is 3.43. The fraction of sp³-hybridized carbons (Fsp3) is 0.300. The van der Waals surface area contributed by atoms with Crippen molar-refractivity contribution in [3.05, 3.63) is 59.6 Å². The molecule has 134 valence electrons. The Kier molecular flexibility index (Phi) is 4.86. The van der Waals surface area contributed by atoms with Gasteiger partial charge in [-0.25, -0.2) is 4.68 Å². The molecular weight excluding hydrogens is 344 g/mol. The van der Waals surface area contributed by atoms with Crippen molar-refractivity contribution in [1.29, 1.82) is 0 Å². The van der Waals surface area contributed by atoms with Gasteiger partial charge in [-0.2, -0.15) is 5.10 Å². The van der Waals surface area contributed by atoms with E-state index in [2.05, 4.69) is 17.6 Å². The maximum atomic E-state index is 13.0. The highest BCUT2D eigenvalue weighted by atomic mass is 32.1. The van der Waals surface area contributed by atoms with Crippen molar-refractivity contribution in [3.63, 3.8) is 0 Å². The van der Waals surface area contributed by atoms with Gasteiger partial charge < -0.3 is 10.6 Å². The van der Waals surface area contributed by atoms with Gasteiger partial charge >= 0.3 is 0 Å². The van der Waals surface area contributed by atoms with Crippen LogP contribution in [0.5, 0.6) is 0 Å². The number of carbonyl (C=O) groups is 1. The summed E-state index contributed by atoms with van der Waals surface area (Å²) >= 11 is 1.60. The predicted octanol–water partition coefficient (Wildman–Crippen LogP) is 3.33. The summed E-state index contributed by atoms with van der Waals surface area (Å²) in [6, 6.07) is 14.1. The molecule has 0 radical (unpaired) electrons. The number of hydrogen-bond donors (Lipinski definition) is 2. The third-order valence-electron chi connectivity index (χ3n) is 4.84. The lowest BCUT2D eigenvalue weighted by molar-refractivity contribution is 0.0915. The third-order valence-corrected chi connectivity index (χ3v) is 5.71. The summed E-state index contributed by atoms with van der Waals surface area (Å²) in [5.74, 6) is 0.372. The van der Waals surface area contributed by atoms with Gasteiger partial charge in [-0.15, -0.1) is 11.3 Å². The second-order valence-electron chi connectivity index (χ2n) is 6.70. The van der Waals surface area contributed by atoms with E-state index in [1.165, 1.54) is 0 Å². The Morgan fingerprint density at radius 2 is 2.12 bits per heavy atom. The number of nitrogens with zero attached hydrogens (tertiary/aromatic N) is 2. The molecule has 0 aliphatic carbocycles. The lowest BCUT2D eigenvalue weighted by atomic mass is 9.95. The molecule has 1 amide bonds. The fourth-order valence-electron chi connectivity index (χ4n) is 3.32. The number of carbonyl (C=O) groups excluding carboxylic acids is 1. The van der Waals surface area contributed by atoms with Crippen molar-refractivity contribution < 1.29 is 4.79 Å². The number of piperidine rings is 1. The summed E-state index contributed by atoms with van der Waals surface area (Å²) in [4.78, 5) is 14.0. The van der Waals surface area contributed by atoms with E-state index < -0.39 is 0 Å². The summed E-state index contributed by atoms with van der Waals surface area (Å²) in [5.41, 5.74) is 2.31. The van der Waals surface area contributed by atoms with E-state index in [9.17, 15) is 4.79 Å². The highest BCUT2D eigenvalue weighted by Crippen LogP contribution is 2.28. The van der Waals surface area contributed by atoms with E-state index in [1.54, 1.807) is 16.0 Å². The zero-order valence-corrected chi connectivity index (χ0v) is 15.5. The minimum Gasteiger partial charge on any atom is -0.349 e. The molecule has 3 aromatic rings. The number of para-hydroxylation sites is 1. The Morgan fingerprint density at radius 1 is 1.27 bits per heavy atom. The summed E-state index contributed by atoms with van der Waals surface area (Å²) in [6.45, 7) is 4.05. The van der Waals surface area contributed by atoms with E-state index in [-0.39, 0.29) is 11.9 Å². The molecule has 1 aromatic carbocycles. The van der Waals surface area contributed by atoms with E-state index in [0.29, 0.717) is 11.5 Å². The maximum Gasteiger partial charge on any atom is 0.255 e. The zero-order valence-electron chi connectivity index (χ0n) is 14.7. The molecule has 5 nitrogen and oxygen atoms in total. The molecule has 1 aliphatic heterocycles. The van der Waals surface area contributed by atoms with Crippen LogP contribution in [0.4, 0.5) is 0 Å². The molecule has 1 fully saturated rings. The molecule has 6 heteroatoms. The maximum absolute atomic E-state index is 13.0. The van der Waals surface area contributed by atoms with Crippen LogP contribution in [0.3, 0.4) is 0 Å². The minimum absolute atomic E-state index is 0.0469. The van der Waals surface area contributed by atoms with Crippen molar-refractivity contribution in [3.8, 4) is 16.3 Å². The fourth-order valence-corrected chi connectivity index (χ4v) is 4.05. The first-order valence-electron chi connectivity index (χ1n) is 8.93. The molecule has 0 saturated carbocycles. The van der Waals surface area contributed by atoms with E-state index in [4.69, 9.17) is 5.10 Å². The second kappa shape index (κ2) is 7.43. The van der Waals surface area contributed by atoms with Crippen molar-refractivity contribution in [2.45, 2.75) is 19.4 Å². The van der Waals surface area contributed by atoms with Crippen molar-refractivity contribution in [2.75, 3.05) is 13.1 Å². The van der Waals surface area contributed by atoms with Crippen LogP contribution in [-0.4, -0.2) is 34.8 Å². The van der Waals surface area contributed by atoms with Gasteiger partial charge in [0.25, 0.3) is 5.91 Å². The van der Waals surface area contributed by atoms with Gasteiger partial charge in [-0.1, -0.05) is 31.2 Å². The molecule has 1 saturated heterocycles. The largest absolute Gasteiger partial charge is 0.349 e. The van der Waals surface area contributed by atoms with Crippen molar-refractivity contribution >= 4 is 17.2 Å². The van der Waals surface area contributed by atoms with E-state index in [0.717, 1.165) is 35.8 Å². The van der Waals surface area contributed by atoms with Gasteiger partial charge in [-0.3, -0.25) is 4.79 Å². The van der Waals surface area contributed by atoms with E-state index in [1.807, 2.05) is 54.0 Å². The Morgan fingerprint density at radius 3 is 2.85 bits per heavy atom. The predicted molar refractivity (Wildman–Crippen MR) is 105 cm³/mol. The van der Waals surface area contributed by atoms with Gasteiger partial charge in [0, 0.05) is 12.2 Å². The molecule has 26 heavy (non-hydrogen) atoms. The molecule has 0 spiro atoms. The van der Waals surface area contributed by atoms with Crippen LogP contribution in [0, 0.1) is 5.92 Å². The van der Waals surface area contributed by atoms with Crippen LogP contribution in [0.1, 0.15) is 23.7 Å². The molecule has 0 bridgehead atoms. The zero-order chi connectivity index (χ0) is 17.9. The number of nitrogens with one attached hydrogen (secondary N) is 2. The summed E-state index contributed by atoms with van der Waals surface area (Å²) in [5, 5.41) is 13.3. The van der Waals surface area contributed by atoms with Crippen molar-refractivity contribution in [1.82, 2.24) is 20.4 Å². The molecule has 2 aromatic heterocycles. The first-order chi connectivity index (χ1) is 12.7. The molecule has 2 N–H and O–H groups in total. The molecule has 2 unspecified atom stereocenters. The molecule has 2 atom stereocenters. The van der Waals surface area contributed by atoms with Crippen LogP contribution in [-0.2, 0) is 0 Å². The van der Waals surface area contributed by atoms with Crippen LogP contribution in [0.2, 0.25) is 0 Å². The number of thiophene rings is 1. The summed E-state index contributed by atoms with van der Waals surface area (Å²) < 4.78 is 1.79. The van der Waals surface area contributed by atoms with Crippen LogP contribution in [0.25, 0.3) is 16.3 Å². The van der Waals surface area contributed by atoms with Gasteiger partial charge in [-0.05, 0) is 49.0 Å². The van der Waals surface area contributed by atoms with E-state index >= 15 is 0 Å². The number of aromatic nitrogens is 2. The Hall–Kier alpha value is -2.44. The van der Waals surface area contributed by atoms with Crippen molar-refractivity contribution in [2.24, 2.45) is 5.92 Å². The lowest BCUT2D eigenvalue weighted by Crippen LogP contribution is -2.48. The highest BCUT2D eigenvalue weighted by Gasteiger charge is 2.26. The Balaban J connectivity index is 1.67.